The lowest BCUT2D eigenvalue weighted by Crippen LogP contribution is -2.33. The monoisotopic (exact) mass is 648 g/mol. The quantitative estimate of drug-likeness (QED) is 0.194. The van der Waals surface area contributed by atoms with E-state index in [-0.39, 0.29) is 17.8 Å². The van der Waals surface area contributed by atoms with Crippen LogP contribution in [-0.2, 0) is 25.3 Å². The first-order valence-corrected chi connectivity index (χ1v) is 18.4. The lowest BCUT2D eigenvalue weighted by Gasteiger charge is -2.32. The molecule has 1 aliphatic heterocycles. The van der Waals surface area contributed by atoms with Crippen molar-refractivity contribution in [2.75, 3.05) is 13.1 Å². The summed E-state index contributed by atoms with van der Waals surface area (Å²) in [6.07, 6.45) is 13.6. The van der Waals surface area contributed by atoms with Gasteiger partial charge >= 0.3 is 0 Å². The molecule has 0 bridgehead atoms. The molecule has 1 atom stereocenters. The first-order chi connectivity index (χ1) is 23.3. The third-order valence-electron chi connectivity index (χ3n) is 11.4. The van der Waals surface area contributed by atoms with Gasteiger partial charge in [0.05, 0.1) is 11.6 Å². The van der Waals surface area contributed by atoms with E-state index < -0.39 is 5.92 Å². The number of allylic oxidation sites excluding steroid dienone is 2. The van der Waals surface area contributed by atoms with Crippen LogP contribution >= 0.6 is 0 Å². The molecule has 3 aliphatic rings. The topological polar surface area (TPSA) is 44.1 Å². The number of hydrogen-bond acceptors (Lipinski definition) is 3. The number of rotatable bonds is 11. The number of nitrogens with zero attached hydrogens (tertiary/aromatic N) is 2. The summed E-state index contributed by atoms with van der Waals surface area (Å²) in [5.74, 6) is -1.26. The molecule has 0 N–H and O–H groups in total. The summed E-state index contributed by atoms with van der Waals surface area (Å²) < 4.78 is 28.1. The van der Waals surface area contributed by atoms with E-state index in [0.717, 1.165) is 95.0 Å². The third kappa shape index (κ3) is 8.50. The molecule has 0 saturated carbocycles. The second-order valence-corrected chi connectivity index (χ2v) is 14.5. The number of piperidine rings is 1. The molecule has 3 aromatic carbocycles. The maximum atomic E-state index is 14.1. The van der Waals surface area contributed by atoms with Crippen LogP contribution in [0.2, 0.25) is 0 Å². The highest BCUT2D eigenvalue weighted by Crippen LogP contribution is 2.41. The van der Waals surface area contributed by atoms with Gasteiger partial charge in [-0.25, -0.2) is 8.78 Å². The second kappa shape index (κ2) is 15.7. The maximum Gasteiger partial charge on any atom is 0.273 e. The standard InChI is InChI=1S/C43H50F2N2O/c1-2-43(44,45)39-20-13-32(14-21-39)7-6-31-12-17-36-4-3-5-37-18-19-38(28-41(37)40(36)22-15-31)42(48)23-16-33-24-26-47(27-25-33)30-35-10-8-34(29-46)9-11-35/h8-11,13-14,18-21,28,31,33H,2-7,12,15-17,22-27,30H2,1H3. The van der Waals surface area contributed by atoms with Crippen molar-refractivity contribution in [2.45, 2.75) is 109 Å². The van der Waals surface area contributed by atoms with E-state index >= 15 is 0 Å². The molecule has 5 heteroatoms. The Balaban J connectivity index is 1.01. The fraction of sp³-hybridized carbons (Fsp3) is 0.488. The van der Waals surface area contributed by atoms with Crippen LogP contribution in [0, 0.1) is 23.2 Å². The lowest BCUT2D eigenvalue weighted by atomic mass is 9.87. The van der Waals surface area contributed by atoms with E-state index in [2.05, 4.69) is 41.3 Å². The number of fused-ring (bicyclic) bond motifs is 2. The van der Waals surface area contributed by atoms with Gasteiger partial charge in [-0.3, -0.25) is 9.69 Å². The van der Waals surface area contributed by atoms with Gasteiger partial charge in [0.25, 0.3) is 5.92 Å². The van der Waals surface area contributed by atoms with Crippen molar-refractivity contribution in [3.05, 3.63) is 111 Å². The number of nitriles is 1. The number of benzene rings is 3. The molecule has 48 heavy (non-hydrogen) atoms. The van der Waals surface area contributed by atoms with Gasteiger partial charge in [-0.05, 0) is 148 Å². The van der Waals surface area contributed by atoms with E-state index in [0.29, 0.717) is 23.8 Å². The Morgan fingerprint density at radius 3 is 2.29 bits per heavy atom. The van der Waals surface area contributed by atoms with E-state index in [9.17, 15) is 13.6 Å². The fourth-order valence-electron chi connectivity index (χ4n) is 8.18. The molecule has 1 unspecified atom stereocenters. The van der Waals surface area contributed by atoms with E-state index in [1.54, 1.807) is 17.7 Å². The second-order valence-electron chi connectivity index (χ2n) is 14.5. The molecular weight excluding hydrogens is 598 g/mol. The zero-order valence-electron chi connectivity index (χ0n) is 28.6. The number of carbonyl (C=O) groups is 1. The average molecular weight is 649 g/mol. The summed E-state index contributed by atoms with van der Waals surface area (Å²) in [5, 5.41) is 9.04. The Morgan fingerprint density at radius 1 is 0.854 bits per heavy atom. The molecule has 1 heterocycles. The minimum atomic E-state index is -2.75. The van der Waals surface area contributed by atoms with Gasteiger partial charge in [-0.2, -0.15) is 5.26 Å². The molecule has 0 radical (unpaired) electrons. The van der Waals surface area contributed by atoms with Gasteiger partial charge in [-0.1, -0.05) is 61.0 Å². The molecule has 2 aliphatic carbocycles. The number of alkyl halides is 2. The van der Waals surface area contributed by atoms with Gasteiger partial charge in [0.2, 0.25) is 0 Å². The Kier molecular flexibility index (Phi) is 11.2. The third-order valence-corrected chi connectivity index (χ3v) is 11.4. The lowest BCUT2D eigenvalue weighted by molar-refractivity contribution is -0.00830. The Labute approximate surface area is 286 Å². The van der Waals surface area contributed by atoms with Crippen LogP contribution < -0.4 is 0 Å². The van der Waals surface area contributed by atoms with Crippen LogP contribution in [0.1, 0.15) is 128 Å². The molecule has 3 nitrogen and oxygen atoms in total. The van der Waals surface area contributed by atoms with Gasteiger partial charge in [0.15, 0.2) is 5.78 Å². The van der Waals surface area contributed by atoms with E-state index in [1.165, 1.54) is 42.0 Å². The van der Waals surface area contributed by atoms with Crippen molar-refractivity contribution >= 4 is 11.4 Å². The van der Waals surface area contributed by atoms with Crippen molar-refractivity contribution in [2.24, 2.45) is 11.8 Å². The van der Waals surface area contributed by atoms with Crippen LogP contribution in [0.5, 0.6) is 0 Å². The Bertz CT molecular complexity index is 1620. The summed E-state index contributed by atoms with van der Waals surface area (Å²) in [6.45, 7) is 4.56. The number of halogens is 2. The smallest absolute Gasteiger partial charge is 0.273 e. The van der Waals surface area contributed by atoms with Gasteiger partial charge in [-0.15, -0.1) is 0 Å². The summed E-state index contributed by atoms with van der Waals surface area (Å²) in [5.41, 5.74) is 9.91. The zero-order valence-corrected chi connectivity index (χ0v) is 28.6. The summed E-state index contributed by atoms with van der Waals surface area (Å²) in [4.78, 5) is 16.0. The molecule has 252 valence electrons. The molecule has 6 rings (SSSR count). The number of aryl methyl sites for hydroxylation is 2. The fourth-order valence-corrected chi connectivity index (χ4v) is 8.18. The molecule has 1 saturated heterocycles. The van der Waals surface area contributed by atoms with Gasteiger partial charge in [0.1, 0.15) is 0 Å². The number of likely N-dealkylation sites (tertiary alicyclic amines) is 1. The van der Waals surface area contributed by atoms with Crippen LogP contribution in [0.3, 0.4) is 0 Å². The highest BCUT2D eigenvalue weighted by molar-refractivity contribution is 5.97. The first-order valence-electron chi connectivity index (χ1n) is 18.4. The molecule has 1 fully saturated rings. The predicted molar refractivity (Wildman–Crippen MR) is 190 cm³/mol. The largest absolute Gasteiger partial charge is 0.299 e. The number of hydrogen-bond donors (Lipinski definition) is 0. The van der Waals surface area contributed by atoms with E-state index in [4.69, 9.17) is 5.26 Å². The Hall–Kier alpha value is -3.62. The highest BCUT2D eigenvalue weighted by atomic mass is 19.3. The van der Waals surface area contributed by atoms with Crippen molar-refractivity contribution in [3.63, 3.8) is 0 Å². The van der Waals surface area contributed by atoms with Crippen molar-refractivity contribution < 1.29 is 13.6 Å². The summed E-state index contributed by atoms with van der Waals surface area (Å²) >= 11 is 0. The zero-order chi connectivity index (χ0) is 33.5. The van der Waals surface area contributed by atoms with E-state index in [1.807, 2.05) is 24.3 Å². The van der Waals surface area contributed by atoms with Crippen molar-refractivity contribution in [1.29, 1.82) is 5.26 Å². The highest BCUT2D eigenvalue weighted by Gasteiger charge is 2.29. The molecule has 3 aromatic rings. The molecule has 0 spiro atoms. The maximum absolute atomic E-state index is 14.1. The Morgan fingerprint density at radius 2 is 1.56 bits per heavy atom. The number of carbonyl (C=O) groups excluding carboxylic acids is 1. The van der Waals surface area contributed by atoms with Crippen LogP contribution in [0.25, 0.3) is 5.57 Å². The van der Waals surface area contributed by atoms with Gasteiger partial charge < -0.3 is 0 Å². The van der Waals surface area contributed by atoms with Crippen LogP contribution in [0.4, 0.5) is 8.78 Å². The van der Waals surface area contributed by atoms with Crippen molar-refractivity contribution in [1.82, 2.24) is 4.90 Å². The minimum absolute atomic E-state index is 0.116. The normalized spacial score (nSPS) is 19.2. The minimum Gasteiger partial charge on any atom is -0.299 e. The van der Waals surface area contributed by atoms with Gasteiger partial charge in [0, 0.05) is 30.5 Å². The molecule has 0 amide bonds. The van der Waals surface area contributed by atoms with Crippen LogP contribution in [0.15, 0.2) is 72.3 Å². The van der Waals surface area contributed by atoms with Crippen LogP contribution in [-0.4, -0.2) is 23.8 Å². The summed E-state index contributed by atoms with van der Waals surface area (Å²) in [6, 6.07) is 23.6. The first kappa shape index (κ1) is 34.3. The molecular formula is C43H50F2N2O. The predicted octanol–water partition coefficient (Wildman–Crippen LogP) is 10.8. The SMILES string of the molecule is CCC(F)(F)c1ccc(CCC2CCC3=C(CC2)c2cc(C(=O)CCC4CCN(Cc5ccc(C#N)cc5)CC4)ccc2CCC3)cc1. The summed E-state index contributed by atoms with van der Waals surface area (Å²) in [7, 11) is 0. The number of ketones is 1. The number of Topliss-reactive ketones (excluding diaryl/α,β-unsaturated/α-hetero) is 1. The van der Waals surface area contributed by atoms with Crippen molar-refractivity contribution in [3.8, 4) is 6.07 Å². The average Bonchev–Trinajstić information content (AvgIpc) is 3.43. The molecule has 0 aromatic heterocycles.